The molecule has 9 nitrogen and oxygen atoms in total. The van der Waals surface area contributed by atoms with Gasteiger partial charge in [-0.3, -0.25) is 14.4 Å². The highest BCUT2D eigenvalue weighted by Crippen LogP contribution is 2.40. The molecule has 13 heteroatoms. The van der Waals surface area contributed by atoms with E-state index in [9.17, 15) is 36.0 Å². The Bertz CT molecular complexity index is 1620. The second-order valence-corrected chi connectivity index (χ2v) is 8.63. The zero-order valence-electron chi connectivity index (χ0n) is 17.2. The number of hydrogen-bond donors (Lipinski definition) is 3. The van der Waals surface area contributed by atoms with Gasteiger partial charge < -0.3 is 5.11 Å². The predicted octanol–water partition coefficient (Wildman–Crippen LogP) is 5.01. The average Bonchev–Trinajstić information content (AvgIpc) is 3.05. The van der Waals surface area contributed by atoms with Crippen LogP contribution in [0.25, 0.3) is 16.5 Å². The second-order valence-electron chi connectivity index (χ2n) is 7.24. The Balaban J connectivity index is 1.83. The van der Waals surface area contributed by atoms with Crippen LogP contribution in [0.15, 0.2) is 74.5 Å². The number of benzene rings is 3. The maximum atomic E-state index is 13.0. The molecule has 0 fully saturated rings. The first-order valence-corrected chi connectivity index (χ1v) is 10.9. The Hall–Kier alpha value is -3.97. The molecule has 0 aliphatic rings. The Labute approximate surface area is 189 Å². The van der Waals surface area contributed by atoms with Crippen LogP contribution in [-0.2, 0) is 16.3 Å². The van der Waals surface area contributed by atoms with Crippen molar-refractivity contribution in [2.75, 3.05) is 0 Å². The molecule has 1 heterocycles. The van der Waals surface area contributed by atoms with Gasteiger partial charge >= 0.3 is 6.18 Å². The lowest BCUT2D eigenvalue weighted by atomic mass is 10.1. The molecule has 0 spiro atoms. The minimum Gasteiger partial charge on any atom is -0.506 e. The Kier molecular flexibility index (Phi) is 5.53. The van der Waals surface area contributed by atoms with Crippen molar-refractivity contribution in [3.8, 4) is 11.4 Å². The van der Waals surface area contributed by atoms with Crippen LogP contribution < -0.4 is 5.56 Å². The van der Waals surface area contributed by atoms with Crippen LogP contribution in [0.4, 0.5) is 24.5 Å². The van der Waals surface area contributed by atoms with Gasteiger partial charge in [-0.05, 0) is 25.1 Å². The van der Waals surface area contributed by atoms with Crippen molar-refractivity contribution in [3.63, 3.8) is 0 Å². The molecular weight excluding hydrogens is 477 g/mol. The molecule has 3 N–H and O–H groups in total. The summed E-state index contributed by atoms with van der Waals surface area (Å²) < 4.78 is 72.8. The topological polar surface area (TPSA) is 137 Å². The van der Waals surface area contributed by atoms with Gasteiger partial charge in [-0.25, -0.2) is 4.68 Å². The van der Waals surface area contributed by atoms with Crippen molar-refractivity contribution in [1.29, 1.82) is 0 Å². The maximum absolute atomic E-state index is 13.0. The standard InChI is InChI=1S/C21H15F3N4O5S/c1-11-18(20(30)28(27-11)13-6-4-5-12(9-13)21(22,23)24)25-26-19-15-8-3-2-7-14(15)17(10-16(19)29)34(31,32)33/h2-10,27,29H,1H3,(H,31,32,33). The Morgan fingerprint density at radius 1 is 0.971 bits per heavy atom. The van der Waals surface area contributed by atoms with Crippen LogP contribution in [-0.4, -0.2) is 27.9 Å². The largest absolute Gasteiger partial charge is 0.506 e. The summed E-state index contributed by atoms with van der Waals surface area (Å²) in [5.74, 6) is -0.624. The van der Waals surface area contributed by atoms with E-state index in [-0.39, 0.29) is 33.5 Å². The number of fused-ring (bicyclic) bond motifs is 1. The number of halogens is 3. The predicted molar refractivity (Wildman–Crippen MR) is 116 cm³/mol. The molecule has 176 valence electrons. The van der Waals surface area contributed by atoms with Crippen LogP contribution in [0.2, 0.25) is 0 Å². The first kappa shape index (κ1) is 23.2. The van der Waals surface area contributed by atoms with E-state index in [0.717, 1.165) is 28.9 Å². The van der Waals surface area contributed by atoms with Crippen molar-refractivity contribution in [1.82, 2.24) is 9.78 Å². The highest BCUT2D eigenvalue weighted by atomic mass is 32.2. The molecule has 0 aliphatic heterocycles. The van der Waals surface area contributed by atoms with Gasteiger partial charge in [0.1, 0.15) is 16.3 Å². The normalized spacial score (nSPS) is 12.6. The molecule has 0 amide bonds. The van der Waals surface area contributed by atoms with E-state index in [4.69, 9.17) is 0 Å². The molecule has 4 rings (SSSR count). The molecule has 3 aromatic carbocycles. The van der Waals surface area contributed by atoms with E-state index < -0.39 is 38.1 Å². The molecule has 0 saturated carbocycles. The van der Waals surface area contributed by atoms with Crippen molar-refractivity contribution >= 4 is 32.3 Å². The summed E-state index contributed by atoms with van der Waals surface area (Å²) >= 11 is 0. The summed E-state index contributed by atoms with van der Waals surface area (Å²) in [5.41, 5.74) is -2.03. The average molecular weight is 492 g/mol. The smallest absolute Gasteiger partial charge is 0.416 e. The van der Waals surface area contributed by atoms with Crippen LogP contribution >= 0.6 is 0 Å². The highest BCUT2D eigenvalue weighted by molar-refractivity contribution is 7.86. The summed E-state index contributed by atoms with van der Waals surface area (Å²) in [5, 5.41) is 20.9. The molecule has 0 radical (unpaired) electrons. The molecule has 0 saturated heterocycles. The number of azo groups is 1. The molecule has 34 heavy (non-hydrogen) atoms. The number of alkyl halides is 3. The van der Waals surface area contributed by atoms with Crippen LogP contribution in [0.3, 0.4) is 0 Å². The van der Waals surface area contributed by atoms with E-state index in [2.05, 4.69) is 15.3 Å². The van der Waals surface area contributed by atoms with Gasteiger partial charge in [-0.15, -0.1) is 10.2 Å². The van der Waals surface area contributed by atoms with Gasteiger partial charge in [0.2, 0.25) is 0 Å². The van der Waals surface area contributed by atoms with E-state index in [1.807, 2.05) is 0 Å². The third-order valence-corrected chi connectivity index (χ3v) is 5.85. The first-order valence-electron chi connectivity index (χ1n) is 9.51. The number of hydrogen-bond acceptors (Lipinski definition) is 6. The number of phenolic OH excluding ortho intramolecular Hbond substituents is 1. The van der Waals surface area contributed by atoms with Crippen LogP contribution in [0.1, 0.15) is 11.3 Å². The second kappa shape index (κ2) is 8.11. The number of aromatic amines is 1. The summed E-state index contributed by atoms with van der Waals surface area (Å²) in [6.45, 7) is 1.46. The van der Waals surface area contributed by atoms with Gasteiger partial charge in [0.25, 0.3) is 15.7 Å². The van der Waals surface area contributed by atoms with Crippen molar-refractivity contribution in [2.45, 2.75) is 18.0 Å². The lowest BCUT2D eigenvalue weighted by molar-refractivity contribution is -0.137. The van der Waals surface area contributed by atoms with E-state index in [0.29, 0.717) is 0 Å². The van der Waals surface area contributed by atoms with Gasteiger partial charge in [0.05, 0.1) is 16.9 Å². The lowest BCUT2D eigenvalue weighted by Gasteiger charge is -2.08. The molecular formula is C21H15F3N4O5S. The number of rotatable bonds is 4. The van der Waals surface area contributed by atoms with E-state index in [1.165, 1.54) is 37.3 Å². The van der Waals surface area contributed by atoms with Gasteiger partial charge in [0.15, 0.2) is 5.69 Å². The number of aromatic hydroxyl groups is 1. The van der Waals surface area contributed by atoms with Crippen LogP contribution in [0, 0.1) is 6.92 Å². The molecule has 0 aliphatic carbocycles. The van der Waals surface area contributed by atoms with Gasteiger partial charge in [0, 0.05) is 16.8 Å². The number of aromatic nitrogens is 2. The Morgan fingerprint density at radius 3 is 2.26 bits per heavy atom. The number of H-pyrrole nitrogens is 1. The summed E-state index contributed by atoms with van der Waals surface area (Å²) in [4.78, 5) is 12.3. The third-order valence-electron chi connectivity index (χ3n) is 4.96. The SMILES string of the molecule is Cc1[nH]n(-c2cccc(C(F)(F)F)c2)c(=O)c1N=Nc1c(O)cc(S(=O)(=O)O)c2ccccc12. The number of nitrogens with zero attached hydrogens (tertiary/aromatic N) is 3. The highest BCUT2D eigenvalue weighted by Gasteiger charge is 2.30. The molecule has 0 atom stereocenters. The first-order chi connectivity index (χ1) is 15.9. The van der Waals surface area contributed by atoms with E-state index in [1.54, 1.807) is 0 Å². The summed E-state index contributed by atoms with van der Waals surface area (Å²) in [6, 6.07) is 10.8. The third kappa shape index (κ3) is 4.18. The summed E-state index contributed by atoms with van der Waals surface area (Å²) in [7, 11) is -4.66. The fourth-order valence-electron chi connectivity index (χ4n) is 3.39. The maximum Gasteiger partial charge on any atom is 0.416 e. The zero-order valence-corrected chi connectivity index (χ0v) is 18.0. The number of nitrogens with one attached hydrogen (secondary N) is 1. The zero-order chi connectivity index (χ0) is 24.8. The fraction of sp³-hybridized carbons (Fsp3) is 0.0952. The Morgan fingerprint density at radius 2 is 1.62 bits per heavy atom. The number of aryl methyl sites for hydroxylation is 1. The monoisotopic (exact) mass is 492 g/mol. The van der Waals surface area contributed by atoms with E-state index >= 15 is 0 Å². The van der Waals surface area contributed by atoms with Gasteiger partial charge in [-0.2, -0.15) is 21.6 Å². The lowest BCUT2D eigenvalue weighted by Crippen LogP contribution is -2.15. The van der Waals surface area contributed by atoms with Crippen molar-refractivity contribution in [3.05, 3.63) is 76.2 Å². The molecule has 0 bridgehead atoms. The summed E-state index contributed by atoms with van der Waals surface area (Å²) in [6.07, 6.45) is -4.60. The minimum atomic E-state index is -4.66. The molecule has 4 aromatic rings. The van der Waals surface area contributed by atoms with Crippen LogP contribution in [0.5, 0.6) is 5.75 Å². The molecule has 1 aromatic heterocycles. The minimum absolute atomic E-state index is 0.0592. The van der Waals surface area contributed by atoms with Crippen molar-refractivity contribution < 1.29 is 31.2 Å². The molecule has 0 unspecified atom stereocenters. The quantitative estimate of drug-likeness (QED) is 0.272. The number of phenols is 1. The van der Waals surface area contributed by atoms with Gasteiger partial charge in [-0.1, -0.05) is 30.3 Å². The fourth-order valence-corrected chi connectivity index (χ4v) is 4.11. The van der Waals surface area contributed by atoms with Crippen molar-refractivity contribution in [2.24, 2.45) is 10.2 Å².